The fourth-order valence-corrected chi connectivity index (χ4v) is 2.90. The number of carbonyl (C=O) groups is 1. The lowest BCUT2D eigenvalue weighted by molar-refractivity contribution is -0.124. The van der Waals surface area contributed by atoms with Crippen LogP contribution in [-0.2, 0) is 11.4 Å². The van der Waals surface area contributed by atoms with Crippen molar-refractivity contribution in [2.45, 2.75) is 20.5 Å². The third-order valence-corrected chi connectivity index (χ3v) is 4.44. The molecule has 2 N–H and O–H groups in total. The summed E-state index contributed by atoms with van der Waals surface area (Å²) in [5.74, 6) is 0.932. The molecule has 0 aliphatic rings. The second kappa shape index (κ2) is 10.4. The van der Waals surface area contributed by atoms with Gasteiger partial charge in [0.15, 0.2) is 11.3 Å². The number of nitrogens with one attached hydrogen (secondary N) is 1. The van der Waals surface area contributed by atoms with Gasteiger partial charge in [-0.05, 0) is 55.8 Å². The van der Waals surface area contributed by atoms with Gasteiger partial charge in [-0.1, -0.05) is 17.7 Å². The Bertz CT molecular complexity index is 1110. The molecule has 2 aromatic carbocycles. The van der Waals surface area contributed by atoms with Crippen LogP contribution in [-0.4, -0.2) is 24.8 Å². The van der Waals surface area contributed by atoms with Gasteiger partial charge < -0.3 is 18.6 Å². The van der Waals surface area contributed by atoms with Crippen LogP contribution in [0, 0.1) is 0 Å². The number of rotatable bonds is 9. The molecule has 7 heteroatoms. The molecule has 0 aliphatic heterocycles. The highest BCUT2D eigenvalue weighted by atomic mass is 16.5. The molecule has 0 spiro atoms. The van der Waals surface area contributed by atoms with Crippen molar-refractivity contribution in [3.63, 3.8) is 0 Å². The Hall–Kier alpha value is -3.71. The number of amides is 1. The van der Waals surface area contributed by atoms with Gasteiger partial charge in [0.25, 0.3) is 5.91 Å². The van der Waals surface area contributed by atoms with E-state index in [1.807, 2.05) is 50.3 Å². The Labute approximate surface area is 180 Å². The van der Waals surface area contributed by atoms with Crippen molar-refractivity contribution in [3.05, 3.63) is 71.5 Å². The zero-order valence-electron chi connectivity index (χ0n) is 17.7. The summed E-state index contributed by atoms with van der Waals surface area (Å²) in [5, 5.41) is 9.60. The van der Waals surface area contributed by atoms with Crippen molar-refractivity contribution in [3.8, 4) is 17.2 Å². The van der Waals surface area contributed by atoms with E-state index in [0.29, 0.717) is 29.3 Å². The maximum atomic E-state index is 11.5. The monoisotopic (exact) mass is 423 g/mol. The molecule has 0 radical (unpaired) electrons. The Balaban J connectivity index is 2.03. The molecule has 3 rings (SSSR count). The SMILES string of the molecule is COc1cccc(COc2c(/C=C/C(=O)NO)cc3ccoc3c2OCC=C(C)C)c1. The van der Waals surface area contributed by atoms with Crippen molar-refractivity contribution in [2.75, 3.05) is 13.7 Å². The van der Waals surface area contributed by atoms with Crippen molar-refractivity contribution >= 4 is 23.0 Å². The van der Waals surface area contributed by atoms with Gasteiger partial charge in [-0.3, -0.25) is 10.0 Å². The molecular weight excluding hydrogens is 398 g/mol. The van der Waals surface area contributed by atoms with Crippen LogP contribution in [0.1, 0.15) is 25.0 Å². The summed E-state index contributed by atoms with van der Waals surface area (Å²) in [5.41, 5.74) is 4.75. The summed E-state index contributed by atoms with van der Waals surface area (Å²) < 4.78 is 23.1. The van der Waals surface area contributed by atoms with Crippen molar-refractivity contribution in [1.29, 1.82) is 0 Å². The van der Waals surface area contributed by atoms with Crippen LogP contribution in [0.3, 0.4) is 0 Å². The second-order valence-electron chi connectivity index (χ2n) is 7.01. The van der Waals surface area contributed by atoms with Crippen LogP contribution in [0.4, 0.5) is 0 Å². The minimum atomic E-state index is -0.655. The van der Waals surface area contributed by atoms with E-state index in [1.54, 1.807) is 31.0 Å². The number of hydrogen-bond donors (Lipinski definition) is 2. The average molecular weight is 423 g/mol. The summed E-state index contributed by atoms with van der Waals surface area (Å²) in [6.07, 6.45) is 6.27. The molecule has 1 heterocycles. The largest absolute Gasteiger partial charge is 0.497 e. The minimum absolute atomic E-state index is 0.245. The standard InChI is InChI=1S/C24H25NO6/c1-16(2)9-11-30-24-22-19(10-12-29-22)14-18(7-8-21(26)25-27)23(24)31-15-17-5-4-6-20(13-17)28-3/h4-10,12-14,27H,11,15H2,1-3H3,(H,25,26)/b8-7+. The first-order valence-electron chi connectivity index (χ1n) is 9.70. The number of benzene rings is 2. The predicted octanol–water partition coefficient (Wildman–Crippen LogP) is 4.88. The summed E-state index contributed by atoms with van der Waals surface area (Å²) in [4.78, 5) is 11.5. The number of allylic oxidation sites excluding steroid dienone is 1. The molecule has 3 aromatic rings. The van der Waals surface area contributed by atoms with E-state index >= 15 is 0 Å². The average Bonchev–Trinajstić information content (AvgIpc) is 3.24. The van der Waals surface area contributed by atoms with Gasteiger partial charge >= 0.3 is 0 Å². The highest BCUT2D eigenvalue weighted by Crippen LogP contribution is 2.41. The first-order chi connectivity index (χ1) is 15.0. The van der Waals surface area contributed by atoms with Gasteiger partial charge in [0.2, 0.25) is 5.75 Å². The number of furan rings is 1. The molecule has 0 saturated carbocycles. The zero-order valence-corrected chi connectivity index (χ0v) is 17.7. The van der Waals surface area contributed by atoms with Crippen LogP contribution in [0.2, 0.25) is 0 Å². The number of ether oxygens (including phenoxy) is 3. The number of hydrogen-bond acceptors (Lipinski definition) is 6. The van der Waals surface area contributed by atoms with Crippen molar-refractivity contribution in [1.82, 2.24) is 5.48 Å². The summed E-state index contributed by atoms with van der Waals surface area (Å²) in [6, 6.07) is 11.2. The van der Waals surface area contributed by atoms with Crippen LogP contribution < -0.4 is 19.7 Å². The lowest BCUT2D eigenvalue weighted by atomic mass is 10.1. The van der Waals surface area contributed by atoms with Crippen LogP contribution in [0.5, 0.6) is 17.2 Å². The summed E-state index contributed by atoms with van der Waals surface area (Å²) >= 11 is 0. The van der Waals surface area contributed by atoms with Crippen LogP contribution >= 0.6 is 0 Å². The minimum Gasteiger partial charge on any atom is -0.497 e. The van der Waals surface area contributed by atoms with E-state index in [4.69, 9.17) is 23.8 Å². The fraction of sp³-hybridized carbons (Fsp3) is 0.208. The van der Waals surface area contributed by atoms with Gasteiger partial charge in [-0.25, -0.2) is 5.48 Å². The van der Waals surface area contributed by atoms with Gasteiger partial charge in [0, 0.05) is 17.0 Å². The highest BCUT2D eigenvalue weighted by Gasteiger charge is 2.18. The molecule has 1 aromatic heterocycles. The molecule has 1 amide bonds. The van der Waals surface area contributed by atoms with E-state index in [-0.39, 0.29) is 6.61 Å². The number of fused-ring (bicyclic) bond motifs is 1. The van der Waals surface area contributed by atoms with E-state index < -0.39 is 5.91 Å². The van der Waals surface area contributed by atoms with Gasteiger partial charge in [0.1, 0.15) is 19.0 Å². The van der Waals surface area contributed by atoms with Crippen molar-refractivity contribution < 1.29 is 28.6 Å². The first-order valence-corrected chi connectivity index (χ1v) is 9.70. The van der Waals surface area contributed by atoms with E-state index in [1.165, 1.54) is 6.08 Å². The molecule has 0 aliphatic carbocycles. The van der Waals surface area contributed by atoms with Crippen molar-refractivity contribution in [2.24, 2.45) is 0 Å². The first kappa shape index (κ1) is 22.0. The smallest absolute Gasteiger partial charge is 0.267 e. The molecule has 162 valence electrons. The van der Waals surface area contributed by atoms with E-state index in [9.17, 15) is 4.79 Å². The molecule has 0 atom stereocenters. The maximum Gasteiger partial charge on any atom is 0.267 e. The Kier molecular flexibility index (Phi) is 7.35. The Morgan fingerprint density at radius 3 is 2.74 bits per heavy atom. The number of methoxy groups -OCH3 is 1. The lowest BCUT2D eigenvalue weighted by Crippen LogP contribution is -2.14. The Morgan fingerprint density at radius 2 is 2.00 bits per heavy atom. The predicted molar refractivity (Wildman–Crippen MR) is 117 cm³/mol. The van der Waals surface area contributed by atoms with Gasteiger partial charge in [0.05, 0.1) is 13.4 Å². The summed E-state index contributed by atoms with van der Waals surface area (Å²) in [6.45, 7) is 4.55. The zero-order chi connectivity index (χ0) is 22.2. The van der Waals surface area contributed by atoms with E-state index in [2.05, 4.69) is 0 Å². The molecule has 0 unspecified atom stereocenters. The molecular formula is C24H25NO6. The van der Waals surface area contributed by atoms with Crippen LogP contribution in [0.15, 0.2) is 64.8 Å². The molecule has 7 nitrogen and oxygen atoms in total. The van der Waals surface area contributed by atoms with Gasteiger partial charge in [-0.15, -0.1) is 0 Å². The molecule has 0 fully saturated rings. The Morgan fingerprint density at radius 1 is 1.16 bits per heavy atom. The topological polar surface area (TPSA) is 90.2 Å². The normalized spacial score (nSPS) is 10.8. The fourth-order valence-electron chi connectivity index (χ4n) is 2.90. The molecule has 0 saturated heterocycles. The quantitative estimate of drug-likeness (QED) is 0.221. The summed E-state index contributed by atoms with van der Waals surface area (Å²) in [7, 11) is 1.61. The van der Waals surface area contributed by atoms with E-state index in [0.717, 1.165) is 22.3 Å². The number of hydroxylamine groups is 1. The third kappa shape index (κ3) is 5.67. The number of carbonyl (C=O) groups excluding carboxylic acids is 1. The molecule has 0 bridgehead atoms. The molecule has 31 heavy (non-hydrogen) atoms. The maximum absolute atomic E-state index is 11.5. The van der Waals surface area contributed by atoms with Gasteiger partial charge in [-0.2, -0.15) is 0 Å². The van der Waals surface area contributed by atoms with Crippen LogP contribution in [0.25, 0.3) is 17.0 Å². The second-order valence-corrected chi connectivity index (χ2v) is 7.01. The highest BCUT2D eigenvalue weighted by molar-refractivity contribution is 5.94. The lowest BCUT2D eigenvalue weighted by Gasteiger charge is -2.16. The third-order valence-electron chi connectivity index (χ3n) is 4.44.